The third-order valence-electron chi connectivity index (χ3n) is 3.55. The predicted octanol–water partition coefficient (Wildman–Crippen LogP) is 2.98. The first-order chi connectivity index (χ1) is 11.2. The summed E-state index contributed by atoms with van der Waals surface area (Å²) < 4.78 is 20.4. The Balaban J connectivity index is 1.72. The predicted molar refractivity (Wildman–Crippen MR) is 83.1 cm³/mol. The Bertz CT molecular complexity index is 827. The fourth-order valence-corrected chi connectivity index (χ4v) is 2.38. The smallest absolute Gasteiger partial charge is 0.274 e. The normalized spacial score (nSPS) is 10.7. The number of aromatic nitrogens is 1. The maximum absolute atomic E-state index is 12.8. The van der Waals surface area contributed by atoms with Gasteiger partial charge in [0.15, 0.2) is 0 Å². The molecule has 3 aromatic rings. The Hall–Kier alpha value is -2.86. The lowest BCUT2D eigenvalue weighted by molar-refractivity contribution is 0.0706. The second kappa shape index (κ2) is 6.50. The zero-order valence-electron chi connectivity index (χ0n) is 12.2. The van der Waals surface area contributed by atoms with Crippen molar-refractivity contribution in [1.29, 1.82) is 0 Å². The Morgan fingerprint density at radius 1 is 1.17 bits per heavy atom. The van der Waals surface area contributed by atoms with E-state index in [9.17, 15) is 9.18 Å². The number of hydroxylamine groups is 1. The van der Waals surface area contributed by atoms with Gasteiger partial charge in [0.05, 0.1) is 6.54 Å². The zero-order chi connectivity index (χ0) is 16.2. The van der Waals surface area contributed by atoms with Crippen molar-refractivity contribution in [3.8, 4) is 5.75 Å². The molecule has 5 nitrogen and oxygen atoms in total. The lowest BCUT2D eigenvalue weighted by atomic mass is 10.1. The molecule has 0 bridgehead atoms. The van der Waals surface area contributed by atoms with E-state index in [0.29, 0.717) is 24.5 Å². The number of rotatable bonds is 5. The van der Waals surface area contributed by atoms with Gasteiger partial charge in [0.25, 0.3) is 5.91 Å². The van der Waals surface area contributed by atoms with E-state index in [1.807, 2.05) is 22.9 Å². The highest BCUT2D eigenvalue weighted by Gasteiger charge is 2.08. The lowest BCUT2D eigenvalue weighted by Gasteiger charge is -2.09. The molecule has 0 aliphatic carbocycles. The lowest BCUT2D eigenvalue weighted by Crippen LogP contribution is -2.18. The second-order valence-electron chi connectivity index (χ2n) is 5.03. The monoisotopic (exact) mass is 314 g/mol. The number of halogens is 1. The van der Waals surface area contributed by atoms with Crippen molar-refractivity contribution in [2.45, 2.75) is 6.54 Å². The minimum Gasteiger partial charge on any atom is -0.492 e. The van der Waals surface area contributed by atoms with Gasteiger partial charge in [0, 0.05) is 17.3 Å². The van der Waals surface area contributed by atoms with Crippen LogP contribution in [0.25, 0.3) is 10.9 Å². The molecule has 0 aliphatic heterocycles. The maximum atomic E-state index is 12.8. The first-order valence-corrected chi connectivity index (χ1v) is 7.09. The number of nitrogens with one attached hydrogen (secondary N) is 1. The van der Waals surface area contributed by atoms with E-state index in [2.05, 4.69) is 0 Å². The van der Waals surface area contributed by atoms with Gasteiger partial charge in [-0.1, -0.05) is 6.07 Å². The Kier molecular flexibility index (Phi) is 4.25. The van der Waals surface area contributed by atoms with Gasteiger partial charge < -0.3 is 9.30 Å². The molecule has 0 spiro atoms. The topological polar surface area (TPSA) is 63.5 Å². The highest BCUT2D eigenvalue weighted by Crippen LogP contribution is 2.18. The third kappa shape index (κ3) is 3.32. The standard InChI is InChI=1S/C17H15FN2O3/c18-14-3-5-15(6-4-14)23-10-9-20-8-7-12-1-2-13(11-16(12)20)17(21)19-22/h1-8,11,22H,9-10H2,(H,19,21). The number of hydrogen-bond acceptors (Lipinski definition) is 3. The minimum absolute atomic E-state index is 0.302. The molecule has 2 aromatic carbocycles. The van der Waals surface area contributed by atoms with Crippen molar-refractivity contribution < 1.29 is 19.1 Å². The highest BCUT2D eigenvalue weighted by atomic mass is 19.1. The minimum atomic E-state index is -0.554. The van der Waals surface area contributed by atoms with Crippen LogP contribution in [0.1, 0.15) is 10.4 Å². The van der Waals surface area contributed by atoms with Crippen LogP contribution in [-0.2, 0) is 6.54 Å². The molecule has 1 heterocycles. The zero-order valence-corrected chi connectivity index (χ0v) is 12.2. The summed E-state index contributed by atoms with van der Waals surface area (Å²) in [4.78, 5) is 11.5. The molecule has 1 aromatic heterocycles. The average Bonchev–Trinajstić information content (AvgIpc) is 2.98. The molecule has 2 N–H and O–H groups in total. The van der Waals surface area contributed by atoms with Gasteiger partial charge in [-0.3, -0.25) is 10.0 Å². The molecule has 0 saturated heterocycles. The first-order valence-electron chi connectivity index (χ1n) is 7.09. The van der Waals surface area contributed by atoms with Gasteiger partial charge in [0.2, 0.25) is 0 Å². The van der Waals surface area contributed by atoms with E-state index in [-0.39, 0.29) is 5.82 Å². The van der Waals surface area contributed by atoms with Crippen molar-refractivity contribution in [2.75, 3.05) is 6.61 Å². The fraction of sp³-hybridized carbons (Fsp3) is 0.118. The number of carbonyl (C=O) groups is 1. The summed E-state index contributed by atoms with van der Waals surface area (Å²) in [7, 11) is 0. The molecular weight excluding hydrogens is 299 g/mol. The number of ether oxygens (including phenoxy) is 1. The van der Waals surface area contributed by atoms with Crippen LogP contribution in [-0.4, -0.2) is 22.3 Å². The highest BCUT2D eigenvalue weighted by molar-refractivity contribution is 5.97. The average molecular weight is 314 g/mol. The number of benzene rings is 2. The van der Waals surface area contributed by atoms with E-state index in [1.165, 1.54) is 12.1 Å². The number of carbonyl (C=O) groups excluding carboxylic acids is 1. The van der Waals surface area contributed by atoms with Crippen LogP contribution in [0.4, 0.5) is 4.39 Å². The number of amides is 1. The molecule has 0 saturated carbocycles. The fourth-order valence-electron chi connectivity index (χ4n) is 2.38. The van der Waals surface area contributed by atoms with Gasteiger partial charge in [-0.15, -0.1) is 0 Å². The number of fused-ring (bicyclic) bond motifs is 1. The molecule has 0 radical (unpaired) electrons. The van der Waals surface area contributed by atoms with E-state index in [1.54, 1.807) is 29.7 Å². The third-order valence-corrected chi connectivity index (χ3v) is 3.55. The first kappa shape index (κ1) is 15.1. The Labute approximate surface area is 131 Å². The second-order valence-corrected chi connectivity index (χ2v) is 5.03. The SMILES string of the molecule is O=C(NO)c1ccc2ccn(CCOc3ccc(F)cc3)c2c1. The van der Waals surface area contributed by atoms with Crippen LogP contribution in [0.15, 0.2) is 54.7 Å². The molecule has 0 unspecified atom stereocenters. The van der Waals surface area contributed by atoms with Crippen molar-refractivity contribution in [2.24, 2.45) is 0 Å². The Morgan fingerprint density at radius 3 is 2.70 bits per heavy atom. The van der Waals surface area contributed by atoms with Gasteiger partial charge in [-0.25, -0.2) is 9.87 Å². The molecule has 3 rings (SSSR count). The summed E-state index contributed by atoms with van der Waals surface area (Å²) in [6.45, 7) is 0.983. The van der Waals surface area contributed by atoms with Crippen molar-refractivity contribution in [3.05, 3.63) is 66.1 Å². The van der Waals surface area contributed by atoms with Crippen LogP contribution in [0, 0.1) is 5.82 Å². The summed E-state index contributed by atoms with van der Waals surface area (Å²) >= 11 is 0. The summed E-state index contributed by atoms with van der Waals surface area (Å²) in [5.74, 6) is -0.256. The van der Waals surface area contributed by atoms with Gasteiger partial charge >= 0.3 is 0 Å². The van der Waals surface area contributed by atoms with Crippen LogP contribution in [0.5, 0.6) is 5.75 Å². The summed E-state index contributed by atoms with van der Waals surface area (Å²) in [6.07, 6.45) is 1.90. The molecule has 0 aliphatic rings. The van der Waals surface area contributed by atoms with E-state index in [0.717, 1.165) is 10.9 Å². The van der Waals surface area contributed by atoms with E-state index in [4.69, 9.17) is 9.94 Å². The van der Waals surface area contributed by atoms with E-state index < -0.39 is 5.91 Å². The van der Waals surface area contributed by atoms with Gasteiger partial charge in [-0.05, 0) is 47.9 Å². The van der Waals surface area contributed by atoms with Crippen molar-refractivity contribution >= 4 is 16.8 Å². The number of nitrogens with zero attached hydrogens (tertiary/aromatic N) is 1. The van der Waals surface area contributed by atoms with Crippen LogP contribution in [0.2, 0.25) is 0 Å². The molecule has 118 valence electrons. The Morgan fingerprint density at radius 2 is 1.96 bits per heavy atom. The van der Waals surface area contributed by atoms with E-state index >= 15 is 0 Å². The van der Waals surface area contributed by atoms with Crippen molar-refractivity contribution in [1.82, 2.24) is 10.0 Å². The maximum Gasteiger partial charge on any atom is 0.274 e. The quantitative estimate of drug-likeness (QED) is 0.562. The van der Waals surface area contributed by atoms with Crippen LogP contribution < -0.4 is 10.2 Å². The van der Waals surface area contributed by atoms with Gasteiger partial charge in [-0.2, -0.15) is 0 Å². The van der Waals surface area contributed by atoms with Gasteiger partial charge in [0.1, 0.15) is 18.2 Å². The number of hydrogen-bond donors (Lipinski definition) is 2. The van der Waals surface area contributed by atoms with Crippen LogP contribution >= 0.6 is 0 Å². The summed E-state index contributed by atoms with van der Waals surface area (Å²) in [6, 6.07) is 13.0. The van der Waals surface area contributed by atoms with Crippen LogP contribution in [0.3, 0.4) is 0 Å². The molecule has 1 amide bonds. The molecule has 6 heteroatoms. The van der Waals surface area contributed by atoms with Crippen molar-refractivity contribution in [3.63, 3.8) is 0 Å². The summed E-state index contributed by atoms with van der Waals surface area (Å²) in [5.41, 5.74) is 2.87. The molecule has 0 fully saturated rings. The summed E-state index contributed by atoms with van der Waals surface area (Å²) in [5, 5.41) is 9.70. The molecular formula is C17H15FN2O3. The largest absolute Gasteiger partial charge is 0.492 e. The molecule has 0 atom stereocenters. The molecule has 23 heavy (non-hydrogen) atoms.